The lowest BCUT2D eigenvalue weighted by Crippen LogP contribution is -2.30. The Morgan fingerprint density at radius 1 is 1.28 bits per heavy atom. The lowest BCUT2D eigenvalue weighted by atomic mass is 10.3. The predicted octanol–water partition coefficient (Wildman–Crippen LogP) is 1.65. The Hall–Kier alpha value is -3.23. The first-order valence-corrected chi connectivity index (χ1v) is 8.08. The third-order valence-electron chi connectivity index (χ3n) is 3.58. The van der Waals surface area contributed by atoms with Crippen LogP contribution in [0.2, 0.25) is 0 Å². The molecule has 9 nitrogen and oxygen atoms in total. The van der Waals surface area contributed by atoms with Crippen LogP contribution >= 0.6 is 0 Å². The van der Waals surface area contributed by atoms with E-state index in [9.17, 15) is 4.79 Å². The highest BCUT2D eigenvalue weighted by atomic mass is 16.2. The zero-order chi connectivity index (χ0) is 17.5. The number of nitrogens with one attached hydrogen (secondary N) is 2. The predicted molar refractivity (Wildman–Crippen MR) is 91.7 cm³/mol. The van der Waals surface area contributed by atoms with Gasteiger partial charge in [0.1, 0.15) is 12.1 Å². The van der Waals surface area contributed by atoms with Gasteiger partial charge in [-0.3, -0.25) is 10.3 Å². The van der Waals surface area contributed by atoms with Crippen molar-refractivity contribution >= 4 is 11.8 Å². The van der Waals surface area contributed by atoms with Crippen LogP contribution in [0.1, 0.15) is 24.7 Å². The number of aromatic nitrogens is 6. The van der Waals surface area contributed by atoms with E-state index in [0.29, 0.717) is 18.9 Å². The number of aryl methyl sites for hydroxylation is 1. The molecular formula is C16H20N8O. The first-order valence-electron chi connectivity index (χ1n) is 8.08. The zero-order valence-corrected chi connectivity index (χ0v) is 14.0. The van der Waals surface area contributed by atoms with Gasteiger partial charge in [-0.2, -0.15) is 5.10 Å². The third-order valence-corrected chi connectivity index (χ3v) is 3.58. The summed E-state index contributed by atoms with van der Waals surface area (Å²) in [7, 11) is 0. The molecule has 3 heterocycles. The minimum absolute atomic E-state index is 0.308. The van der Waals surface area contributed by atoms with E-state index in [1.54, 1.807) is 35.7 Å². The minimum Gasteiger partial charge on any atom is -0.331 e. The van der Waals surface area contributed by atoms with Crippen molar-refractivity contribution in [3.8, 4) is 0 Å². The quantitative estimate of drug-likeness (QED) is 0.681. The molecule has 0 radical (unpaired) electrons. The number of amides is 2. The zero-order valence-electron chi connectivity index (χ0n) is 14.0. The average molecular weight is 340 g/mol. The summed E-state index contributed by atoms with van der Waals surface area (Å²) < 4.78 is 3.63. The van der Waals surface area contributed by atoms with Crippen LogP contribution in [0.25, 0.3) is 0 Å². The number of carbonyl (C=O) groups is 1. The maximum atomic E-state index is 12.1. The average Bonchev–Trinajstić information content (AvgIpc) is 3.24. The second-order valence-electron chi connectivity index (χ2n) is 5.48. The van der Waals surface area contributed by atoms with Crippen LogP contribution in [0, 0.1) is 0 Å². The summed E-state index contributed by atoms with van der Waals surface area (Å²) in [4.78, 5) is 16.2. The van der Waals surface area contributed by atoms with Crippen molar-refractivity contribution in [1.29, 1.82) is 0 Å². The van der Waals surface area contributed by atoms with Gasteiger partial charge in [0.15, 0.2) is 5.82 Å². The first-order chi connectivity index (χ1) is 12.3. The molecular weight excluding hydrogens is 320 g/mol. The van der Waals surface area contributed by atoms with Crippen molar-refractivity contribution in [2.45, 2.75) is 33.0 Å². The number of rotatable bonds is 7. The van der Waals surface area contributed by atoms with Crippen molar-refractivity contribution in [3.63, 3.8) is 0 Å². The van der Waals surface area contributed by atoms with E-state index in [4.69, 9.17) is 0 Å². The SMILES string of the molecule is CCCn1cnnc1CNC(=O)Nc1ccnn1Cc1cccnc1. The summed E-state index contributed by atoms with van der Waals surface area (Å²) in [5.74, 6) is 1.33. The largest absolute Gasteiger partial charge is 0.331 e. The molecule has 0 aliphatic carbocycles. The Balaban J connectivity index is 1.56. The minimum atomic E-state index is -0.320. The Morgan fingerprint density at radius 2 is 2.20 bits per heavy atom. The van der Waals surface area contributed by atoms with Crippen LogP contribution in [-0.4, -0.2) is 35.6 Å². The standard InChI is InChI=1S/C16H20N8O/c1-2-8-23-12-19-22-15(23)10-18-16(25)21-14-5-7-20-24(14)11-13-4-3-6-17-9-13/h3-7,9,12H,2,8,10-11H2,1H3,(H2,18,21,25). The van der Waals surface area contributed by atoms with Crippen molar-refractivity contribution < 1.29 is 4.79 Å². The maximum absolute atomic E-state index is 12.1. The number of hydrogen-bond donors (Lipinski definition) is 2. The molecule has 0 aliphatic heterocycles. The molecule has 0 saturated carbocycles. The van der Waals surface area contributed by atoms with Gasteiger partial charge >= 0.3 is 6.03 Å². The van der Waals surface area contributed by atoms with Crippen molar-refractivity contribution in [3.05, 3.63) is 54.5 Å². The highest BCUT2D eigenvalue weighted by Gasteiger charge is 2.09. The smallest absolute Gasteiger partial charge is 0.320 e. The van der Waals surface area contributed by atoms with Gasteiger partial charge in [0.25, 0.3) is 0 Å². The van der Waals surface area contributed by atoms with Crippen LogP contribution in [0.15, 0.2) is 43.1 Å². The fraction of sp³-hybridized carbons (Fsp3) is 0.312. The number of carbonyl (C=O) groups excluding carboxylic acids is 1. The van der Waals surface area contributed by atoms with E-state index in [2.05, 4.69) is 37.8 Å². The molecule has 130 valence electrons. The van der Waals surface area contributed by atoms with Gasteiger partial charge in [-0.1, -0.05) is 13.0 Å². The molecule has 0 aliphatic rings. The molecule has 0 spiro atoms. The highest BCUT2D eigenvalue weighted by molar-refractivity contribution is 5.88. The van der Waals surface area contributed by atoms with Gasteiger partial charge in [0, 0.05) is 25.0 Å². The number of nitrogens with zero attached hydrogens (tertiary/aromatic N) is 6. The molecule has 3 rings (SSSR count). The molecule has 2 amide bonds. The van der Waals surface area contributed by atoms with Crippen molar-refractivity contribution in [1.82, 2.24) is 34.8 Å². The molecule has 3 aromatic heterocycles. The van der Waals surface area contributed by atoms with Crippen LogP contribution in [0.5, 0.6) is 0 Å². The van der Waals surface area contributed by atoms with E-state index in [1.165, 1.54) is 0 Å². The normalized spacial score (nSPS) is 10.6. The molecule has 25 heavy (non-hydrogen) atoms. The molecule has 0 unspecified atom stereocenters. The van der Waals surface area contributed by atoms with Crippen LogP contribution in [0.3, 0.4) is 0 Å². The molecule has 0 fully saturated rings. The molecule has 0 aromatic carbocycles. The van der Waals surface area contributed by atoms with Gasteiger partial charge in [-0.25, -0.2) is 9.48 Å². The lowest BCUT2D eigenvalue weighted by Gasteiger charge is -2.10. The molecule has 3 aromatic rings. The van der Waals surface area contributed by atoms with Crippen molar-refractivity contribution in [2.75, 3.05) is 5.32 Å². The van der Waals surface area contributed by atoms with Gasteiger partial charge in [0.05, 0.1) is 19.3 Å². The number of pyridine rings is 1. The second kappa shape index (κ2) is 8.04. The molecule has 0 atom stereocenters. The summed E-state index contributed by atoms with van der Waals surface area (Å²) in [6.07, 6.45) is 7.78. The van der Waals surface area contributed by atoms with Crippen LogP contribution in [0.4, 0.5) is 10.6 Å². The van der Waals surface area contributed by atoms with E-state index in [-0.39, 0.29) is 6.03 Å². The van der Waals surface area contributed by atoms with Gasteiger partial charge in [-0.15, -0.1) is 10.2 Å². The topological polar surface area (TPSA) is 103 Å². The summed E-state index contributed by atoms with van der Waals surface area (Å²) >= 11 is 0. The maximum Gasteiger partial charge on any atom is 0.320 e. The first kappa shape index (κ1) is 16.6. The summed E-state index contributed by atoms with van der Waals surface area (Å²) in [6.45, 7) is 3.74. The Morgan fingerprint density at radius 3 is 3.00 bits per heavy atom. The molecule has 0 saturated heterocycles. The van der Waals surface area contributed by atoms with Crippen LogP contribution < -0.4 is 10.6 Å². The summed E-state index contributed by atoms with van der Waals surface area (Å²) in [5, 5.41) is 17.7. The van der Waals surface area contributed by atoms with E-state index in [1.807, 2.05) is 16.7 Å². The van der Waals surface area contributed by atoms with Gasteiger partial charge in [-0.05, 0) is 18.1 Å². The molecule has 0 bridgehead atoms. The summed E-state index contributed by atoms with van der Waals surface area (Å²) in [5.41, 5.74) is 1.00. The molecule has 2 N–H and O–H groups in total. The van der Waals surface area contributed by atoms with E-state index >= 15 is 0 Å². The van der Waals surface area contributed by atoms with Crippen molar-refractivity contribution in [2.24, 2.45) is 0 Å². The summed E-state index contributed by atoms with van der Waals surface area (Å²) in [6, 6.07) is 5.25. The fourth-order valence-electron chi connectivity index (χ4n) is 2.39. The fourth-order valence-corrected chi connectivity index (χ4v) is 2.39. The highest BCUT2D eigenvalue weighted by Crippen LogP contribution is 2.09. The lowest BCUT2D eigenvalue weighted by molar-refractivity contribution is 0.251. The Kier molecular flexibility index (Phi) is 5.35. The van der Waals surface area contributed by atoms with E-state index < -0.39 is 0 Å². The Bertz CT molecular complexity index is 810. The van der Waals surface area contributed by atoms with Crippen LogP contribution in [-0.2, 0) is 19.6 Å². The number of urea groups is 1. The van der Waals surface area contributed by atoms with Gasteiger partial charge < -0.3 is 9.88 Å². The van der Waals surface area contributed by atoms with E-state index in [0.717, 1.165) is 24.4 Å². The monoisotopic (exact) mass is 340 g/mol. The Labute approximate surface area is 145 Å². The third kappa shape index (κ3) is 4.40. The number of hydrogen-bond acceptors (Lipinski definition) is 5. The van der Waals surface area contributed by atoms with Gasteiger partial charge in [0.2, 0.25) is 0 Å². The second-order valence-corrected chi connectivity index (χ2v) is 5.48. The number of anilines is 1. The molecule has 9 heteroatoms.